The van der Waals surface area contributed by atoms with Gasteiger partial charge < -0.3 is 9.73 Å². The maximum atomic E-state index is 5.99. The third-order valence-electron chi connectivity index (χ3n) is 2.68. The van der Waals surface area contributed by atoms with Crippen molar-refractivity contribution in [1.82, 2.24) is 5.32 Å². The molecule has 0 bridgehead atoms. The van der Waals surface area contributed by atoms with E-state index < -0.39 is 0 Å². The molecule has 0 saturated carbocycles. The Labute approximate surface area is 114 Å². The molecule has 0 radical (unpaired) electrons. The largest absolute Gasteiger partial charge is 0.459 e. The van der Waals surface area contributed by atoms with E-state index in [4.69, 9.17) is 16.0 Å². The molecule has 0 amide bonds. The van der Waals surface area contributed by atoms with Gasteiger partial charge in [-0.2, -0.15) is 0 Å². The fraction of sp³-hybridized carbons (Fsp3) is 0.231. The molecule has 0 aliphatic rings. The highest BCUT2D eigenvalue weighted by atomic mass is 79.9. The number of halogens is 2. The van der Waals surface area contributed by atoms with Crippen molar-refractivity contribution in [1.29, 1.82) is 0 Å². The summed E-state index contributed by atoms with van der Waals surface area (Å²) >= 11 is 9.48. The first-order valence-corrected chi connectivity index (χ1v) is 6.51. The molecule has 1 aromatic carbocycles. The predicted molar refractivity (Wildman–Crippen MR) is 74.3 cm³/mol. The first-order valence-electron chi connectivity index (χ1n) is 5.34. The summed E-state index contributed by atoms with van der Waals surface area (Å²) in [5.74, 6) is 1.73. The molecular formula is C13H13BrClNO. The maximum absolute atomic E-state index is 5.99. The van der Waals surface area contributed by atoms with Gasteiger partial charge in [0.2, 0.25) is 0 Å². The summed E-state index contributed by atoms with van der Waals surface area (Å²) in [5.41, 5.74) is 0.965. The zero-order valence-corrected chi connectivity index (χ0v) is 12.0. The van der Waals surface area contributed by atoms with E-state index in [1.54, 1.807) is 0 Å². The Balaban J connectivity index is 2.40. The van der Waals surface area contributed by atoms with Crippen LogP contribution in [0.4, 0.5) is 0 Å². The minimum absolute atomic E-state index is 0.196. The summed E-state index contributed by atoms with van der Waals surface area (Å²) in [6, 6.07) is 9.78. The Bertz CT molecular complexity index is 524. The Morgan fingerprint density at radius 1 is 1.29 bits per heavy atom. The van der Waals surface area contributed by atoms with Crippen LogP contribution in [-0.2, 0) is 0 Å². The average molecular weight is 315 g/mol. The van der Waals surface area contributed by atoms with Crippen LogP contribution in [0.15, 0.2) is 39.2 Å². The van der Waals surface area contributed by atoms with Crippen LogP contribution < -0.4 is 5.32 Å². The lowest BCUT2D eigenvalue weighted by atomic mass is 10.2. The van der Waals surface area contributed by atoms with Gasteiger partial charge in [-0.05, 0) is 44.3 Å². The molecule has 1 atom stereocenters. The fourth-order valence-electron chi connectivity index (χ4n) is 1.56. The van der Waals surface area contributed by atoms with Gasteiger partial charge >= 0.3 is 0 Å². The average Bonchev–Trinajstić information content (AvgIpc) is 2.80. The van der Waals surface area contributed by atoms with Crippen LogP contribution in [0.3, 0.4) is 0 Å². The molecule has 4 heteroatoms. The van der Waals surface area contributed by atoms with Gasteiger partial charge in [-0.3, -0.25) is 0 Å². The molecule has 2 aromatic rings. The number of hydrogen-bond acceptors (Lipinski definition) is 2. The van der Waals surface area contributed by atoms with Crippen molar-refractivity contribution in [3.63, 3.8) is 0 Å². The molecule has 0 aliphatic carbocycles. The highest BCUT2D eigenvalue weighted by Gasteiger charge is 2.12. The lowest BCUT2D eigenvalue weighted by Gasteiger charge is -2.06. The summed E-state index contributed by atoms with van der Waals surface area (Å²) < 4.78 is 6.78. The van der Waals surface area contributed by atoms with Crippen LogP contribution in [0, 0.1) is 0 Å². The highest BCUT2D eigenvalue weighted by Crippen LogP contribution is 2.33. The number of benzene rings is 1. The Morgan fingerprint density at radius 3 is 2.76 bits per heavy atom. The molecule has 90 valence electrons. The van der Waals surface area contributed by atoms with E-state index in [1.807, 2.05) is 37.4 Å². The van der Waals surface area contributed by atoms with E-state index in [0.717, 1.165) is 21.6 Å². The van der Waals surface area contributed by atoms with Crippen molar-refractivity contribution < 1.29 is 4.42 Å². The molecular weight excluding hydrogens is 302 g/mol. The molecule has 2 rings (SSSR count). The molecule has 1 heterocycles. The van der Waals surface area contributed by atoms with Gasteiger partial charge in [-0.1, -0.05) is 27.5 Å². The Kier molecular flexibility index (Phi) is 3.92. The van der Waals surface area contributed by atoms with Gasteiger partial charge in [-0.15, -0.1) is 0 Å². The van der Waals surface area contributed by atoms with E-state index >= 15 is 0 Å². The van der Waals surface area contributed by atoms with Gasteiger partial charge in [-0.25, -0.2) is 0 Å². The molecule has 2 nitrogen and oxygen atoms in total. The fourth-order valence-corrected chi connectivity index (χ4v) is 2.17. The number of hydrogen-bond donors (Lipinski definition) is 1. The second-order valence-corrected chi connectivity index (χ2v) is 5.13. The minimum Gasteiger partial charge on any atom is -0.459 e. The van der Waals surface area contributed by atoms with E-state index in [0.29, 0.717) is 5.02 Å². The molecule has 1 aromatic heterocycles. The standard InChI is InChI=1S/C13H13BrClNO/c1-8(16-2)12-5-6-13(17-12)10-7-9(15)3-4-11(10)14/h3-8,16H,1-2H3. The van der Waals surface area contributed by atoms with Crippen molar-refractivity contribution in [2.45, 2.75) is 13.0 Å². The first kappa shape index (κ1) is 12.7. The van der Waals surface area contributed by atoms with Crippen LogP contribution in [0.5, 0.6) is 0 Å². The monoisotopic (exact) mass is 313 g/mol. The van der Waals surface area contributed by atoms with Gasteiger partial charge in [0.1, 0.15) is 11.5 Å². The minimum atomic E-state index is 0.196. The third-order valence-corrected chi connectivity index (χ3v) is 3.61. The first-order chi connectivity index (χ1) is 8.11. The lowest BCUT2D eigenvalue weighted by Crippen LogP contribution is -2.10. The Hall–Kier alpha value is -0.770. The van der Waals surface area contributed by atoms with E-state index in [1.165, 1.54) is 0 Å². The van der Waals surface area contributed by atoms with Crippen molar-refractivity contribution in [3.05, 3.63) is 45.6 Å². The van der Waals surface area contributed by atoms with Crippen LogP contribution in [0.1, 0.15) is 18.7 Å². The van der Waals surface area contributed by atoms with Crippen LogP contribution in [0.25, 0.3) is 11.3 Å². The number of furan rings is 1. The van der Waals surface area contributed by atoms with Crippen molar-refractivity contribution >= 4 is 27.5 Å². The molecule has 0 spiro atoms. The highest BCUT2D eigenvalue weighted by molar-refractivity contribution is 9.10. The van der Waals surface area contributed by atoms with E-state index in [2.05, 4.69) is 28.2 Å². The van der Waals surface area contributed by atoms with Crippen molar-refractivity contribution in [3.8, 4) is 11.3 Å². The zero-order valence-electron chi connectivity index (χ0n) is 9.63. The normalized spacial score (nSPS) is 12.7. The van der Waals surface area contributed by atoms with Gasteiger partial charge in [0.15, 0.2) is 0 Å². The second kappa shape index (κ2) is 5.25. The van der Waals surface area contributed by atoms with Gasteiger partial charge in [0.25, 0.3) is 0 Å². The summed E-state index contributed by atoms with van der Waals surface area (Å²) in [5, 5.41) is 3.84. The summed E-state index contributed by atoms with van der Waals surface area (Å²) in [4.78, 5) is 0. The second-order valence-electron chi connectivity index (χ2n) is 3.84. The van der Waals surface area contributed by atoms with Crippen LogP contribution >= 0.6 is 27.5 Å². The molecule has 0 fully saturated rings. The summed E-state index contributed by atoms with van der Waals surface area (Å²) in [6.45, 7) is 2.05. The number of nitrogens with one attached hydrogen (secondary N) is 1. The molecule has 0 aliphatic heterocycles. The quantitative estimate of drug-likeness (QED) is 0.892. The smallest absolute Gasteiger partial charge is 0.135 e. The Morgan fingerprint density at radius 2 is 2.06 bits per heavy atom. The third kappa shape index (κ3) is 2.73. The molecule has 17 heavy (non-hydrogen) atoms. The van der Waals surface area contributed by atoms with Gasteiger partial charge in [0.05, 0.1) is 6.04 Å². The predicted octanol–water partition coefficient (Wildman–Crippen LogP) is 4.64. The number of rotatable bonds is 3. The topological polar surface area (TPSA) is 25.2 Å². The van der Waals surface area contributed by atoms with Gasteiger partial charge in [0, 0.05) is 15.1 Å². The van der Waals surface area contributed by atoms with E-state index in [9.17, 15) is 0 Å². The summed E-state index contributed by atoms with van der Waals surface area (Å²) in [7, 11) is 1.90. The zero-order chi connectivity index (χ0) is 12.4. The SMILES string of the molecule is CNC(C)c1ccc(-c2cc(Cl)ccc2Br)o1. The van der Waals surface area contributed by atoms with Crippen LogP contribution in [0.2, 0.25) is 5.02 Å². The lowest BCUT2D eigenvalue weighted by molar-refractivity contribution is 0.458. The van der Waals surface area contributed by atoms with E-state index in [-0.39, 0.29) is 6.04 Å². The van der Waals surface area contributed by atoms with Crippen LogP contribution in [-0.4, -0.2) is 7.05 Å². The molecule has 0 saturated heterocycles. The molecule has 1 unspecified atom stereocenters. The summed E-state index contributed by atoms with van der Waals surface area (Å²) in [6.07, 6.45) is 0. The van der Waals surface area contributed by atoms with Crippen molar-refractivity contribution in [2.75, 3.05) is 7.05 Å². The molecule has 1 N–H and O–H groups in total. The maximum Gasteiger partial charge on any atom is 0.135 e. The van der Waals surface area contributed by atoms with Crippen molar-refractivity contribution in [2.24, 2.45) is 0 Å².